The summed E-state index contributed by atoms with van der Waals surface area (Å²) in [6.07, 6.45) is 6.30. The molecule has 3 fully saturated rings. The van der Waals surface area contributed by atoms with Gasteiger partial charge in [-0.1, -0.05) is 61.5 Å². The third-order valence-electron chi connectivity index (χ3n) is 10.5. The number of rotatable bonds is 6. The molecule has 0 bridgehead atoms. The first kappa shape index (κ1) is 30.4. The minimum Gasteiger partial charge on any atom is -0.453 e. The van der Waals surface area contributed by atoms with Gasteiger partial charge in [0, 0.05) is 23.8 Å². The number of piperidine rings is 1. The number of nitrogens with one attached hydrogen (secondary N) is 4. The summed E-state index contributed by atoms with van der Waals surface area (Å²) >= 11 is 0. The molecule has 3 aliphatic heterocycles. The molecule has 10 nitrogen and oxygen atoms in total. The number of aromatic amines is 2. The molecule has 6 atom stereocenters. The van der Waals surface area contributed by atoms with Crippen molar-refractivity contribution in [1.29, 1.82) is 0 Å². The number of aromatic nitrogens is 4. The van der Waals surface area contributed by atoms with Crippen molar-refractivity contribution in [3.63, 3.8) is 0 Å². The number of fused-ring (bicyclic) bond motifs is 2. The SMILES string of the molecule is COC(=O)N[C@@H]1C(=O)N2[C@H](CC[C@H]2c2nc3cc(-c4ccc(-c5ccc(-c6c[nH]c([C@@H]7CC[C@H](C)N7)n6)cc5)cc4)ccc3[nH]2)CC1C. The van der Waals surface area contributed by atoms with E-state index in [-0.39, 0.29) is 23.9 Å². The van der Waals surface area contributed by atoms with E-state index in [0.29, 0.717) is 12.1 Å². The predicted octanol–water partition coefficient (Wildman–Crippen LogP) is 6.90. The molecular weight excluding hydrogens is 602 g/mol. The lowest BCUT2D eigenvalue weighted by atomic mass is 9.88. The molecule has 2 aromatic heterocycles. The zero-order valence-corrected chi connectivity index (χ0v) is 27.5. The number of hydrogen-bond donors (Lipinski definition) is 4. The summed E-state index contributed by atoms with van der Waals surface area (Å²) in [5.74, 6) is 1.78. The average molecular weight is 644 g/mol. The lowest BCUT2D eigenvalue weighted by Crippen LogP contribution is -2.58. The Labute approximate surface area is 279 Å². The maximum Gasteiger partial charge on any atom is 0.407 e. The van der Waals surface area contributed by atoms with Crippen LogP contribution in [0.3, 0.4) is 0 Å². The van der Waals surface area contributed by atoms with Crippen LogP contribution in [0.2, 0.25) is 0 Å². The molecule has 5 aromatic rings. The summed E-state index contributed by atoms with van der Waals surface area (Å²) in [4.78, 5) is 44.2. The number of nitrogens with zero attached hydrogens (tertiary/aromatic N) is 3. The molecule has 2 amide bonds. The number of ether oxygens (including phenoxy) is 1. The van der Waals surface area contributed by atoms with Crippen LogP contribution >= 0.6 is 0 Å². The second-order valence-electron chi connectivity index (χ2n) is 13.7. The lowest BCUT2D eigenvalue weighted by Gasteiger charge is -2.41. The lowest BCUT2D eigenvalue weighted by molar-refractivity contribution is -0.142. The Morgan fingerprint density at radius 3 is 2.23 bits per heavy atom. The van der Waals surface area contributed by atoms with Gasteiger partial charge in [-0.15, -0.1) is 0 Å². The molecule has 1 unspecified atom stereocenters. The fourth-order valence-corrected chi connectivity index (χ4v) is 7.93. The van der Waals surface area contributed by atoms with E-state index in [9.17, 15) is 9.59 Å². The van der Waals surface area contributed by atoms with Gasteiger partial charge in [0.05, 0.1) is 35.9 Å². The third-order valence-corrected chi connectivity index (χ3v) is 10.5. The van der Waals surface area contributed by atoms with Crippen molar-refractivity contribution in [2.75, 3.05) is 7.11 Å². The first-order valence-corrected chi connectivity index (χ1v) is 17.0. The molecule has 0 spiro atoms. The Kier molecular flexibility index (Phi) is 7.75. The summed E-state index contributed by atoms with van der Waals surface area (Å²) in [6, 6.07) is 23.7. The predicted molar refractivity (Wildman–Crippen MR) is 185 cm³/mol. The summed E-state index contributed by atoms with van der Waals surface area (Å²) in [7, 11) is 1.32. The Morgan fingerprint density at radius 2 is 1.54 bits per heavy atom. The summed E-state index contributed by atoms with van der Waals surface area (Å²) in [5.41, 5.74) is 8.37. The molecule has 10 heteroatoms. The number of carbonyl (C=O) groups excluding carboxylic acids is 2. The summed E-state index contributed by atoms with van der Waals surface area (Å²) in [6.45, 7) is 4.23. The van der Waals surface area contributed by atoms with E-state index in [2.05, 4.69) is 94.3 Å². The standard InChI is InChI=1S/C38H41N7O3/c1-21-18-28-14-17-33(45(28)37(46)34(21)44-38(47)48-3)36-41-29-16-13-27(19-31(29)42-36)25-7-5-23(6-8-25)24-9-11-26(12-10-24)32-20-39-35(43-32)30-15-4-22(2)40-30/h5-13,16,19-22,28,30,33-34,40H,4,14-15,17-18H2,1-3H3,(H,39,43)(H,41,42)(H,44,47)/t21?,22-,28+,30-,33-,34-/m0/s1. The largest absolute Gasteiger partial charge is 0.453 e. The number of imidazole rings is 2. The number of benzene rings is 3. The van der Waals surface area contributed by atoms with Gasteiger partial charge in [-0.3, -0.25) is 4.79 Å². The normalized spacial score (nSPS) is 25.4. The second-order valence-corrected chi connectivity index (χ2v) is 13.7. The highest BCUT2D eigenvalue weighted by molar-refractivity contribution is 5.88. The van der Waals surface area contributed by atoms with E-state index in [0.717, 1.165) is 81.9 Å². The van der Waals surface area contributed by atoms with E-state index >= 15 is 0 Å². The van der Waals surface area contributed by atoms with Gasteiger partial charge in [-0.2, -0.15) is 0 Å². The third kappa shape index (κ3) is 5.53. The Morgan fingerprint density at radius 1 is 0.854 bits per heavy atom. The highest BCUT2D eigenvalue weighted by Crippen LogP contribution is 2.42. The molecule has 4 N–H and O–H groups in total. The first-order valence-electron chi connectivity index (χ1n) is 17.0. The summed E-state index contributed by atoms with van der Waals surface area (Å²) in [5, 5.41) is 6.35. The van der Waals surface area contributed by atoms with Crippen LogP contribution in [-0.2, 0) is 9.53 Å². The molecule has 0 radical (unpaired) electrons. The molecule has 3 aromatic carbocycles. The van der Waals surface area contributed by atoms with Crippen molar-refractivity contribution in [2.45, 2.75) is 76.2 Å². The highest BCUT2D eigenvalue weighted by atomic mass is 16.5. The molecule has 3 aliphatic rings. The number of carbonyl (C=O) groups is 2. The van der Waals surface area contributed by atoms with Gasteiger partial charge < -0.3 is 30.2 Å². The van der Waals surface area contributed by atoms with Crippen LogP contribution in [-0.4, -0.2) is 62.1 Å². The van der Waals surface area contributed by atoms with Crippen LogP contribution in [0.5, 0.6) is 0 Å². The maximum absolute atomic E-state index is 13.6. The van der Waals surface area contributed by atoms with Crippen LogP contribution < -0.4 is 10.6 Å². The molecular formula is C38H41N7O3. The van der Waals surface area contributed by atoms with Gasteiger partial charge >= 0.3 is 6.09 Å². The van der Waals surface area contributed by atoms with Crippen LogP contribution in [0.1, 0.15) is 69.7 Å². The minimum atomic E-state index is -0.598. The molecule has 0 aliphatic carbocycles. The minimum absolute atomic E-state index is 0.0408. The van der Waals surface area contributed by atoms with Gasteiger partial charge in [0.2, 0.25) is 5.91 Å². The van der Waals surface area contributed by atoms with Crippen molar-refractivity contribution in [3.05, 3.63) is 84.6 Å². The van der Waals surface area contributed by atoms with Crippen molar-refractivity contribution < 1.29 is 14.3 Å². The smallest absolute Gasteiger partial charge is 0.407 e. The zero-order valence-electron chi connectivity index (χ0n) is 27.5. The van der Waals surface area contributed by atoms with Crippen molar-refractivity contribution in [3.8, 4) is 33.5 Å². The van der Waals surface area contributed by atoms with E-state index in [1.165, 1.54) is 13.5 Å². The Bertz CT molecular complexity index is 1960. The number of methoxy groups -OCH3 is 1. The summed E-state index contributed by atoms with van der Waals surface area (Å²) < 4.78 is 4.78. The van der Waals surface area contributed by atoms with Crippen LogP contribution in [0, 0.1) is 5.92 Å². The highest BCUT2D eigenvalue weighted by Gasteiger charge is 2.48. The zero-order chi connectivity index (χ0) is 32.9. The van der Waals surface area contributed by atoms with Crippen LogP contribution in [0.15, 0.2) is 72.9 Å². The first-order chi connectivity index (χ1) is 23.3. The fraction of sp³-hybridized carbons (Fsp3) is 0.368. The monoisotopic (exact) mass is 643 g/mol. The molecule has 48 heavy (non-hydrogen) atoms. The average Bonchev–Trinajstić information content (AvgIpc) is 3.92. The Balaban J connectivity index is 0.971. The van der Waals surface area contributed by atoms with Crippen LogP contribution in [0.4, 0.5) is 4.79 Å². The van der Waals surface area contributed by atoms with Gasteiger partial charge in [-0.05, 0) is 79.3 Å². The van der Waals surface area contributed by atoms with E-state index in [4.69, 9.17) is 14.7 Å². The molecule has 3 saturated heterocycles. The number of hydrogen-bond acceptors (Lipinski definition) is 6. The van der Waals surface area contributed by atoms with E-state index in [1.54, 1.807) is 0 Å². The van der Waals surface area contributed by atoms with Gasteiger partial charge in [-0.25, -0.2) is 14.8 Å². The molecule has 5 heterocycles. The quantitative estimate of drug-likeness (QED) is 0.159. The van der Waals surface area contributed by atoms with Gasteiger partial charge in [0.25, 0.3) is 0 Å². The number of amides is 2. The topological polar surface area (TPSA) is 128 Å². The Hall–Kier alpha value is -4.96. The van der Waals surface area contributed by atoms with Crippen molar-refractivity contribution >= 4 is 23.0 Å². The maximum atomic E-state index is 13.6. The van der Waals surface area contributed by atoms with Crippen molar-refractivity contribution in [2.24, 2.45) is 5.92 Å². The van der Waals surface area contributed by atoms with E-state index in [1.807, 2.05) is 18.0 Å². The van der Waals surface area contributed by atoms with Crippen molar-refractivity contribution in [1.82, 2.24) is 35.5 Å². The molecule has 8 rings (SSSR count). The number of H-pyrrole nitrogens is 2. The number of alkyl carbamates (subject to hydrolysis) is 1. The van der Waals surface area contributed by atoms with Crippen LogP contribution in [0.25, 0.3) is 44.5 Å². The second kappa shape index (κ2) is 12.2. The van der Waals surface area contributed by atoms with Gasteiger partial charge in [0.1, 0.15) is 17.7 Å². The molecule has 246 valence electrons. The fourth-order valence-electron chi connectivity index (χ4n) is 7.93. The molecule has 0 saturated carbocycles. The van der Waals surface area contributed by atoms with E-state index < -0.39 is 12.1 Å². The van der Waals surface area contributed by atoms with Gasteiger partial charge in [0.15, 0.2) is 0 Å².